The van der Waals surface area contributed by atoms with Crippen molar-refractivity contribution in [1.82, 2.24) is 24.6 Å². The number of carboxylic acid groups (broad SMARTS) is 1. The fourth-order valence-corrected chi connectivity index (χ4v) is 4.21. The minimum absolute atomic E-state index is 0.244. The Morgan fingerprint density at radius 3 is 2.53 bits per heavy atom. The number of nitrogens with one attached hydrogen (secondary N) is 1. The molecular weight excluding hydrogens is 408 g/mol. The fraction of sp³-hybridized carbons (Fsp3) is 0.368. The minimum atomic E-state index is -3.26. The summed E-state index contributed by atoms with van der Waals surface area (Å²) in [6.07, 6.45) is 5.05. The van der Waals surface area contributed by atoms with Crippen molar-refractivity contribution in [2.24, 2.45) is 5.92 Å². The van der Waals surface area contributed by atoms with E-state index in [1.807, 2.05) is 0 Å². The normalized spacial score (nSPS) is 15.4. The second kappa shape index (κ2) is 7.90. The summed E-state index contributed by atoms with van der Waals surface area (Å²) < 4.78 is 25.0. The molecule has 1 aromatic carbocycles. The van der Waals surface area contributed by atoms with Crippen LogP contribution in [0.3, 0.4) is 0 Å². The van der Waals surface area contributed by atoms with E-state index in [4.69, 9.17) is 5.11 Å². The smallest absolute Gasteiger partial charge is 0.407 e. The number of benzene rings is 1. The topological polar surface area (TPSA) is 130 Å². The summed E-state index contributed by atoms with van der Waals surface area (Å²) in [5.41, 5.74) is 1.31. The van der Waals surface area contributed by atoms with Crippen LogP contribution in [0.2, 0.25) is 0 Å². The van der Waals surface area contributed by atoms with Gasteiger partial charge in [-0.05, 0) is 43.0 Å². The lowest BCUT2D eigenvalue weighted by molar-refractivity contribution is 0.126. The molecule has 1 aliphatic heterocycles. The Morgan fingerprint density at radius 2 is 1.90 bits per heavy atom. The van der Waals surface area contributed by atoms with Crippen molar-refractivity contribution in [3.05, 3.63) is 36.8 Å². The lowest BCUT2D eigenvalue weighted by Crippen LogP contribution is -2.39. The van der Waals surface area contributed by atoms with Gasteiger partial charge in [-0.1, -0.05) is 0 Å². The molecule has 1 aliphatic rings. The number of piperidine rings is 1. The lowest BCUT2D eigenvalue weighted by Gasteiger charge is -2.30. The Bertz CT molecular complexity index is 1170. The molecule has 10 nitrogen and oxygen atoms in total. The monoisotopic (exact) mass is 430 g/mol. The van der Waals surface area contributed by atoms with Crippen LogP contribution in [0.1, 0.15) is 12.8 Å². The summed E-state index contributed by atoms with van der Waals surface area (Å²) >= 11 is 0. The first-order valence-electron chi connectivity index (χ1n) is 9.54. The van der Waals surface area contributed by atoms with Gasteiger partial charge in [-0.3, -0.25) is 0 Å². The molecule has 1 amide bonds. The van der Waals surface area contributed by atoms with E-state index in [9.17, 15) is 13.2 Å². The molecule has 0 spiro atoms. The van der Waals surface area contributed by atoms with Crippen molar-refractivity contribution >= 4 is 32.8 Å². The zero-order valence-corrected chi connectivity index (χ0v) is 17.2. The third-order valence-electron chi connectivity index (χ3n) is 5.32. The van der Waals surface area contributed by atoms with Gasteiger partial charge in [0.2, 0.25) is 0 Å². The van der Waals surface area contributed by atoms with Crippen LogP contribution < -0.4 is 5.32 Å². The average molecular weight is 430 g/mol. The lowest BCUT2D eigenvalue weighted by atomic mass is 9.97. The predicted octanol–water partition coefficient (Wildman–Crippen LogP) is 2.02. The summed E-state index contributed by atoms with van der Waals surface area (Å²) in [5, 5.41) is 17.6. The Morgan fingerprint density at radius 1 is 1.20 bits per heavy atom. The van der Waals surface area contributed by atoms with Crippen LogP contribution in [0.5, 0.6) is 0 Å². The number of fused-ring (bicyclic) bond motifs is 1. The van der Waals surface area contributed by atoms with Crippen molar-refractivity contribution in [2.45, 2.75) is 17.7 Å². The van der Waals surface area contributed by atoms with E-state index < -0.39 is 15.9 Å². The zero-order chi connectivity index (χ0) is 21.3. The van der Waals surface area contributed by atoms with Gasteiger partial charge in [0.25, 0.3) is 0 Å². The van der Waals surface area contributed by atoms with Crippen LogP contribution in [-0.4, -0.2) is 70.2 Å². The summed E-state index contributed by atoms with van der Waals surface area (Å²) in [7, 11) is -3.26. The highest BCUT2D eigenvalue weighted by molar-refractivity contribution is 7.90. The third kappa shape index (κ3) is 4.06. The van der Waals surface area contributed by atoms with Crippen molar-refractivity contribution in [3.8, 4) is 5.69 Å². The molecule has 3 heterocycles. The minimum Gasteiger partial charge on any atom is -0.465 e. The van der Waals surface area contributed by atoms with Crippen LogP contribution >= 0.6 is 0 Å². The second-order valence-corrected chi connectivity index (χ2v) is 9.39. The Hall–Kier alpha value is -3.21. The number of hydrogen-bond donors (Lipinski definition) is 2. The van der Waals surface area contributed by atoms with E-state index in [1.165, 1.54) is 17.5 Å². The first-order chi connectivity index (χ1) is 14.3. The summed E-state index contributed by atoms with van der Waals surface area (Å²) in [5.74, 6) is 1.03. The summed E-state index contributed by atoms with van der Waals surface area (Å²) in [4.78, 5) is 21.4. The number of amides is 1. The number of rotatable bonds is 5. The van der Waals surface area contributed by atoms with Gasteiger partial charge in [-0.2, -0.15) is 5.10 Å². The largest absolute Gasteiger partial charge is 0.465 e. The van der Waals surface area contributed by atoms with E-state index in [0.717, 1.165) is 18.2 Å². The van der Waals surface area contributed by atoms with Crippen LogP contribution in [0.25, 0.3) is 16.7 Å². The van der Waals surface area contributed by atoms with Crippen molar-refractivity contribution in [3.63, 3.8) is 0 Å². The maximum Gasteiger partial charge on any atom is 0.407 e. The van der Waals surface area contributed by atoms with Gasteiger partial charge in [0.1, 0.15) is 12.1 Å². The highest BCUT2D eigenvalue weighted by Gasteiger charge is 2.22. The number of nitrogens with zero attached hydrogens (tertiary/aromatic N) is 5. The molecule has 1 fully saturated rings. The number of hydrogen-bond acceptors (Lipinski definition) is 7. The Labute approximate surface area is 173 Å². The summed E-state index contributed by atoms with van der Waals surface area (Å²) in [6.45, 7) is 1.78. The predicted molar refractivity (Wildman–Crippen MR) is 111 cm³/mol. The van der Waals surface area contributed by atoms with Gasteiger partial charge in [0.05, 0.1) is 22.2 Å². The number of anilines is 1. The van der Waals surface area contributed by atoms with Gasteiger partial charge < -0.3 is 15.3 Å². The molecule has 0 atom stereocenters. The van der Waals surface area contributed by atoms with Gasteiger partial charge >= 0.3 is 6.09 Å². The molecule has 158 valence electrons. The van der Waals surface area contributed by atoms with Crippen LogP contribution in [0, 0.1) is 5.92 Å². The van der Waals surface area contributed by atoms with Crippen molar-refractivity contribution < 1.29 is 18.3 Å². The molecule has 1 saturated heterocycles. The molecule has 2 N–H and O–H groups in total. The van der Waals surface area contributed by atoms with Crippen molar-refractivity contribution in [1.29, 1.82) is 0 Å². The quantitative estimate of drug-likeness (QED) is 0.629. The average Bonchev–Trinajstić information content (AvgIpc) is 3.17. The molecule has 0 radical (unpaired) electrons. The standard InChI is InChI=1S/C19H22N6O4S/c1-30(28,29)15-4-2-14(3-5-15)25-18-16(11-23-25)17(21-12-22-18)20-10-13-6-8-24(9-7-13)19(26)27/h2-5,11-13H,6-10H2,1H3,(H,26,27)(H,20,21,22). The van der Waals surface area contributed by atoms with Crippen molar-refractivity contribution in [2.75, 3.05) is 31.2 Å². The number of likely N-dealkylation sites (tertiary alicyclic amines) is 1. The first kappa shape index (κ1) is 20.1. The van der Waals surface area contributed by atoms with E-state index in [1.54, 1.807) is 35.1 Å². The number of sulfone groups is 1. The molecule has 30 heavy (non-hydrogen) atoms. The highest BCUT2D eigenvalue weighted by atomic mass is 32.2. The van der Waals surface area contributed by atoms with E-state index >= 15 is 0 Å². The van der Waals surface area contributed by atoms with Crippen LogP contribution in [0.4, 0.5) is 10.6 Å². The fourth-order valence-electron chi connectivity index (χ4n) is 3.58. The van der Waals surface area contributed by atoms with Crippen LogP contribution in [-0.2, 0) is 9.84 Å². The molecule has 0 unspecified atom stereocenters. The van der Waals surface area contributed by atoms with Gasteiger partial charge in [0, 0.05) is 25.9 Å². The molecule has 4 rings (SSSR count). The second-order valence-electron chi connectivity index (χ2n) is 7.38. The third-order valence-corrected chi connectivity index (χ3v) is 6.45. The maximum atomic E-state index is 11.7. The molecule has 3 aromatic rings. The maximum absolute atomic E-state index is 11.7. The molecular formula is C19H22N6O4S. The SMILES string of the molecule is CS(=O)(=O)c1ccc(-n2ncc3c(NCC4CCN(C(=O)O)CC4)ncnc32)cc1. The molecule has 0 saturated carbocycles. The number of aromatic nitrogens is 4. The van der Waals surface area contributed by atoms with Gasteiger partial charge in [-0.15, -0.1) is 0 Å². The number of carbonyl (C=O) groups is 1. The molecule has 11 heteroatoms. The Kier molecular flexibility index (Phi) is 5.29. The van der Waals surface area contributed by atoms with E-state index in [2.05, 4.69) is 20.4 Å². The Balaban J connectivity index is 1.50. The van der Waals surface area contributed by atoms with Crippen LogP contribution in [0.15, 0.2) is 41.7 Å². The van der Waals surface area contributed by atoms with Gasteiger partial charge in [-0.25, -0.2) is 27.9 Å². The summed E-state index contributed by atoms with van der Waals surface area (Å²) in [6, 6.07) is 6.46. The molecule has 0 bridgehead atoms. The zero-order valence-electron chi connectivity index (χ0n) is 16.4. The van der Waals surface area contributed by atoms with E-state index in [0.29, 0.717) is 42.7 Å². The molecule has 2 aromatic heterocycles. The molecule has 0 aliphatic carbocycles. The van der Waals surface area contributed by atoms with E-state index in [-0.39, 0.29) is 4.90 Å². The first-order valence-corrected chi connectivity index (χ1v) is 11.4. The van der Waals surface area contributed by atoms with Gasteiger partial charge in [0.15, 0.2) is 15.5 Å². The highest BCUT2D eigenvalue weighted by Crippen LogP contribution is 2.24.